The van der Waals surface area contributed by atoms with Gasteiger partial charge in [0.05, 0.1) is 0 Å². The van der Waals surface area contributed by atoms with Gasteiger partial charge in [-0.25, -0.2) is 0 Å². The van der Waals surface area contributed by atoms with Gasteiger partial charge in [0.1, 0.15) is 0 Å². The summed E-state index contributed by atoms with van der Waals surface area (Å²) in [6.07, 6.45) is 15.7. The van der Waals surface area contributed by atoms with E-state index in [2.05, 4.69) is 32.1 Å². The van der Waals surface area contributed by atoms with Crippen LogP contribution in [0.2, 0.25) is 0 Å². The van der Waals surface area contributed by atoms with E-state index in [0.717, 1.165) is 23.7 Å². The van der Waals surface area contributed by atoms with E-state index in [1.807, 2.05) is 0 Å². The van der Waals surface area contributed by atoms with E-state index in [-0.39, 0.29) is 0 Å². The smallest absolute Gasteiger partial charge is 0.0257 e. The Bertz CT molecular complexity index is 336. The fourth-order valence-corrected chi connectivity index (χ4v) is 3.97. The molecule has 3 aliphatic rings. The highest BCUT2D eigenvalue weighted by Crippen LogP contribution is 2.48. The molecule has 3 rings (SSSR count). The number of fused-ring (bicyclic) bond motifs is 1. The topological polar surface area (TPSA) is 0 Å². The Morgan fingerprint density at radius 3 is 2.59 bits per heavy atom. The Balaban J connectivity index is 1.44. The lowest BCUT2D eigenvalue weighted by molar-refractivity contribution is 0.175. The number of rotatable bonds is 4. The Labute approximate surface area is 106 Å². The maximum atomic E-state index is 2.43. The molecule has 0 aliphatic heterocycles. The molecule has 4 unspecified atom stereocenters. The van der Waals surface area contributed by atoms with E-state index >= 15 is 0 Å². The molecule has 0 spiro atoms. The van der Waals surface area contributed by atoms with Crippen LogP contribution >= 0.6 is 0 Å². The maximum absolute atomic E-state index is 2.43. The highest BCUT2D eigenvalue weighted by molar-refractivity contribution is 5.47. The van der Waals surface area contributed by atoms with Crippen molar-refractivity contribution in [3.05, 3.63) is 29.7 Å². The first-order valence-electron chi connectivity index (χ1n) is 7.50. The van der Waals surface area contributed by atoms with Gasteiger partial charge in [-0.3, -0.25) is 0 Å². The molecule has 0 nitrogen and oxygen atoms in total. The predicted molar refractivity (Wildman–Crippen MR) is 73.5 cm³/mol. The molecule has 0 amide bonds. The summed E-state index contributed by atoms with van der Waals surface area (Å²) in [6.45, 7) is 4.87. The van der Waals surface area contributed by atoms with Crippen LogP contribution in [0.4, 0.5) is 0 Å². The van der Waals surface area contributed by atoms with E-state index in [9.17, 15) is 0 Å². The summed E-state index contributed by atoms with van der Waals surface area (Å²) >= 11 is 0. The molecular weight excluding hydrogens is 204 g/mol. The summed E-state index contributed by atoms with van der Waals surface area (Å²) in [7, 11) is 0. The van der Waals surface area contributed by atoms with Gasteiger partial charge in [-0.2, -0.15) is 0 Å². The molecule has 0 N–H and O–H groups in total. The van der Waals surface area contributed by atoms with Crippen LogP contribution in [0.5, 0.6) is 0 Å². The van der Waals surface area contributed by atoms with Crippen molar-refractivity contribution in [1.29, 1.82) is 0 Å². The molecule has 0 aromatic carbocycles. The fourth-order valence-electron chi connectivity index (χ4n) is 3.97. The maximum Gasteiger partial charge on any atom is 0.0257 e. The minimum Gasteiger partial charge on any atom is -0.0728 e. The van der Waals surface area contributed by atoms with E-state index in [1.54, 1.807) is 11.5 Å². The van der Waals surface area contributed by atoms with Crippen LogP contribution in [0.15, 0.2) is 23.8 Å². The first-order chi connectivity index (χ1) is 8.25. The molecule has 2 saturated carbocycles. The second-order valence-electron chi connectivity index (χ2n) is 6.50. The zero-order chi connectivity index (χ0) is 11.8. The molecular formula is C17H25. The molecule has 0 heterocycles. The standard InChI is InChI=1S/C17H25/c1-12-9-10-14(12)5-3-6-15-11-16-7-4-8-17(16)13(15)2/h4,7-8,12-15H,3,5-6,9-11H2,1-2H3. The van der Waals surface area contributed by atoms with Gasteiger partial charge in [0, 0.05) is 5.92 Å². The lowest BCUT2D eigenvalue weighted by Crippen LogP contribution is -2.23. The third-order valence-corrected chi connectivity index (χ3v) is 5.57. The van der Waals surface area contributed by atoms with Crippen LogP contribution < -0.4 is 0 Å². The van der Waals surface area contributed by atoms with Crippen LogP contribution in [0.25, 0.3) is 0 Å². The van der Waals surface area contributed by atoms with Crippen molar-refractivity contribution < 1.29 is 0 Å². The van der Waals surface area contributed by atoms with Gasteiger partial charge in [-0.1, -0.05) is 56.9 Å². The molecule has 1 radical (unpaired) electrons. The van der Waals surface area contributed by atoms with Crippen LogP contribution in [0, 0.1) is 29.6 Å². The Kier molecular flexibility index (Phi) is 3.15. The average molecular weight is 229 g/mol. The van der Waals surface area contributed by atoms with Crippen LogP contribution in [0.3, 0.4) is 0 Å². The summed E-state index contributed by atoms with van der Waals surface area (Å²) < 4.78 is 0. The molecule has 2 fully saturated rings. The van der Waals surface area contributed by atoms with Gasteiger partial charge < -0.3 is 0 Å². The summed E-state index contributed by atoms with van der Waals surface area (Å²) in [5.74, 6) is 5.50. The third kappa shape index (κ3) is 2.11. The molecule has 0 bridgehead atoms. The Morgan fingerprint density at radius 1 is 1.12 bits per heavy atom. The Morgan fingerprint density at radius 2 is 1.94 bits per heavy atom. The summed E-state index contributed by atoms with van der Waals surface area (Å²) in [4.78, 5) is 0. The van der Waals surface area contributed by atoms with Crippen molar-refractivity contribution in [2.24, 2.45) is 23.7 Å². The average Bonchev–Trinajstić information content (AvgIpc) is 2.87. The zero-order valence-electron chi connectivity index (χ0n) is 11.3. The lowest BCUT2D eigenvalue weighted by Gasteiger charge is -2.34. The number of allylic oxidation sites excluding steroid dienone is 4. The largest absolute Gasteiger partial charge is 0.0728 e. The van der Waals surface area contributed by atoms with Crippen molar-refractivity contribution in [2.75, 3.05) is 0 Å². The summed E-state index contributed by atoms with van der Waals surface area (Å²) in [6, 6.07) is 0. The molecule has 0 saturated heterocycles. The molecule has 17 heavy (non-hydrogen) atoms. The fraction of sp³-hybridized carbons (Fsp3) is 0.706. The van der Waals surface area contributed by atoms with Crippen LogP contribution in [-0.4, -0.2) is 0 Å². The highest BCUT2D eigenvalue weighted by atomic mass is 14.4. The second kappa shape index (κ2) is 4.63. The molecule has 3 aliphatic carbocycles. The minimum atomic E-state index is 0.818. The lowest BCUT2D eigenvalue weighted by atomic mass is 9.72. The van der Waals surface area contributed by atoms with Crippen molar-refractivity contribution in [1.82, 2.24) is 0 Å². The SMILES string of the molecule is CC1CCC1CCCC1CC2=CC=C[C]2C1C. The zero-order valence-corrected chi connectivity index (χ0v) is 11.3. The highest BCUT2D eigenvalue weighted by Gasteiger charge is 2.36. The van der Waals surface area contributed by atoms with Crippen LogP contribution in [-0.2, 0) is 0 Å². The van der Waals surface area contributed by atoms with E-state index in [4.69, 9.17) is 0 Å². The van der Waals surface area contributed by atoms with Gasteiger partial charge in [0.15, 0.2) is 0 Å². The monoisotopic (exact) mass is 229 g/mol. The first kappa shape index (κ1) is 11.6. The second-order valence-corrected chi connectivity index (χ2v) is 6.50. The van der Waals surface area contributed by atoms with Gasteiger partial charge in [0.2, 0.25) is 0 Å². The van der Waals surface area contributed by atoms with Crippen molar-refractivity contribution in [3.63, 3.8) is 0 Å². The normalized spacial score (nSPS) is 40.2. The Hall–Kier alpha value is -0.520. The predicted octanol–water partition coefficient (Wildman–Crippen LogP) is 4.93. The molecule has 93 valence electrons. The summed E-state index contributed by atoms with van der Waals surface area (Å²) in [5.41, 5.74) is 1.64. The van der Waals surface area contributed by atoms with Gasteiger partial charge in [-0.15, -0.1) is 0 Å². The van der Waals surface area contributed by atoms with E-state index < -0.39 is 0 Å². The quantitative estimate of drug-likeness (QED) is 0.641. The van der Waals surface area contributed by atoms with Crippen molar-refractivity contribution in [2.45, 2.75) is 52.4 Å². The minimum absolute atomic E-state index is 0.818. The van der Waals surface area contributed by atoms with Gasteiger partial charge in [0.25, 0.3) is 0 Å². The van der Waals surface area contributed by atoms with Crippen LogP contribution in [0.1, 0.15) is 52.4 Å². The van der Waals surface area contributed by atoms with E-state index in [0.29, 0.717) is 0 Å². The molecule has 0 aromatic rings. The van der Waals surface area contributed by atoms with Crippen molar-refractivity contribution >= 4 is 0 Å². The van der Waals surface area contributed by atoms with Gasteiger partial charge >= 0.3 is 0 Å². The van der Waals surface area contributed by atoms with E-state index in [1.165, 1.54) is 38.5 Å². The van der Waals surface area contributed by atoms with Gasteiger partial charge in [-0.05, 0) is 42.9 Å². The molecule has 0 aromatic heterocycles. The molecule has 0 heteroatoms. The number of hydrogen-bond donors (Lipinski definition) is 0. The summed E-state index contributed by atoms with van der Waals surface area (Å²) in [5, 5.41) is 0. The number of hydrogen-bond acceptors (Lipinski definition) is 0. The first-order valence-corrected chi connectivity index (χ1v) is 7.50. The third-order valence-electron chi connectivity index (χ3n) is 5.57. The van der Waals surface area contributed by atoms with Crippen molar-refractivity contribution in [3.8, 4) is 0 Å². The molecule has 4 atom stereocenters.